The second-order valence-electron chi connectivity index (χ2n) is 3.88. The van der Waals surface area contributed by atoms with E-state index in [0.717, 1.165) is 15.8 Å². The average Bonchev–Trinajstić information content (AvgIpc) is 2.46. The first-order valence-corrected chi connectivity index (χ1v) is 7.46. The van der Waals surface area contributed by atoms with Crippen molar-refractivity contribution in [2.24, 2.45) is 5.84 Å². The van der Waals surface area contributed by atoms with Gasteiger partial charge in [0.15, 0.2) is 0 Å². The molecule has 0 saturated carbocycles. The van der Waals surface area contributed by atoms with E-state index in [2.05, 4.69) is 33.5 Å². The average molecular weight is 337 g/mol. The molecular formula is C14H13BrN2OS. The summed E-state index contributed by atoms with van der Waals surface area (Å²) in [5.41, 5.74) is 3.81. The van der Waals surface area contributed by atoms with E-state index < -0.39 is 0 Å². The van der Waals surface area contributed by atoms with Crippen molar-refractivity contribution in [3.63, 3.8) is 0 Å². The van der Waals surface area contributed by atoms with Gasteiger partial charge in [-0.15, -0.1) is 11.8 Å². The van der Waals surface area contributed by atoms with Crippen molar-refractivity contribution in [2.45, 2.75) is 10.6 Å². The van der Waals surface area contributed by atoms with Crippen LogP contribution in [0.25, 0.3) is 0 Å². The fourth-order valence-electron chi connectivity index (χ4n) is 1.57. The zero-order chi connectivity index (χ0) is 13.7. The van der Waals surface area contributed by atoms with Gasteiger partial charge < -0.3 is 0 Å². The molecule has 3 N–H and O–H groups in total. The lowest BCUT2D eigenvalue weighted by atomic mass is 10.1. The predicted molar refractivity (Wildman–Crippen MR) is 81.8 cm³/mol. The van der Waals surface area contributed by atoms with Crippen LogP contribution in [-0.2, 0) is 5.75 Å². The molecule has 0 aliphatic heterocycles. The lowest BCUT2D eigenvalue weighted by Gasteiger charge is -2.07. The van der Waals surface area contributed by atoms with Crippen molar-refractivity contribution in [3.05, 3.63) is 64.1 Å². The Balaban J connectivity index is 2.07. The Hall–Kier alpha value is -1.30. The molecule has 0 unspecified atom stereocenters. The Labute approximate surface area is 124 Å². The van der Waals surface area contributed by atoms with Crippen LogP contribution in [0.2, 0.25) is 0 Å². The summed E-state index contributed by atoms with van der Waals surface area (Å²) in [5, 5.41) is 0. The number of halogens is 1. The van der Waals surface area contributed by atoms with Crippen molar-refractivity contribution in [1.29, 1.82) is 0 Å². The second kappa shape index (κ2) is 6.75. The molecule has 0 radical (unpaired) electrons. The first-order valence-electron chi connectivity index (χ1n) is 5.68. The molecule has 0 fully saturated rings. The van der Waals surface area contributed by atoms with Gasteiger partial charge in [-0.1, -0.05) is 40.2 Å². The molecule has 0 aromatic heterocycles. The molecule has 0 heterocycles. The number of hydrogen-bond acceptors (Lipinski definition) is 3. The fraction of sp³-hybridized carbons (Fsp3) is 0.0714. The Bertz CT molecular complexity index is 575. The number of rotatable bonds is 4. The van der Waals surface area contributed by atoms with Gasteiger partial charge in [0.25, 0.3) is 5.91 Å². The third-order valence-corrected chi connectivity index (χ3v) is 4.38. The number of nitrogen functional groups attached to an aromatic ring is 1. The molecule has 3 nitrogen and oxygen atoms in total. The quantitative estimate of drug-likeness (QED) is 0.389. The van der Waals surface area contributed by atoms with E-state index in [1.807, 2.05) is 24.3 Å². The minimum absolute atomic E-state index is 0.289. The zero-order valence-electron chi connectivity index (χ0n) is 10.1. The lowest BCUT2D eigenvalue weighted by molar-refractivity contribution is 0.0953. The number of amides is 1. The van der Waals surface area contributed by atoms with Crippen LogP contribution in [0.1, 0.15) is 15.9 Å². The van der Waals surface area contributed by atoms with Crippen LogP contribution in [0, 0.1) is 0 Å². The van der Waals surface area contributed by atoms with Gasteiger partial charge in [0.05, 0.1) is 0 Å². The Morgan fingerprint density at radius 1 is 1.21 bits per heavy atom. The van der Waals surface area contributed by atoms with Crippen LogP contribution in [0.5, 0.6) is 0 Å². The summed E-state index contributed by atoms with van der Waals surface area (Å²) in [6, 6.07) is 15.7. The van der Waals surface area contributed by atoms with Crippen molar-refractivity contribution in [2.75, 3.05) is 0 Å². The molecule has 5 heteroatoms. The maximum atomic E-state index is 11.4. The summed E-state index contributed by atoms with van der Waals surface area (Å²) in [5.74, 6) is 5.66. The number of hydrazine groups is 1. The Morgan fingerprint density at radius 3 is 2.58 bits per heavy atom. The standard InChI is InChI=1S/C14H13BrN2OS/c15-13-8-10(14(18)17-16)6-7-11(13)9-19-12-4-2-1-3-5-12/h1-8H,9,16H2,(H,17,18). The van der Waals surface area contributed by atoms with E-state index in [9.17, 15) is 4.79 Å². The number of nitrogens with two attached hydrogens (primary N) is 1. The van der Waals surface area contributed by atoms with Crippen LogP contribution in [-0.4, -0.2) is 5.91 Å². The van der Waals surface area contributed by atoms with Gasteiger partial charge in [-0.2, -0.15) is 0 Å². The molecule has 0 aliphatic carbocycles. The molecule has 98 valence electrons. The summed E-state index contributed by atoms with van der Waals surface area (Å²) in [7, 11) is 0. The number of nitrogens with one attached hydrogen (secondary N) is 1. The fourth-order valence-corrected chi connectivity index (χ4v) is 3.19. The normalized spacial score (nSPS) is 10.2. The van der Waals surface area contributed by atoms with Gasteiger partial charge in [-0.05, 0) is 29.8 Å². The molecule has 0 saturated heterocycles. The van der Waals surface area contributed by atoms with Gasteiger partial charge in [0.1, 0.15) is 0 Å². The largest absolute Gasteiger partial charge is 0.290 e. The minimum Gasteiger partial charge on any atom is -0.290 e. The highest BCUT2D eigenvalue weighted by Gasteiger charge is 2.07. The summed E-state index contributed by atoms with van der Waals surface area (Å²) in [4.78, 5) is 12.6. The molecule has 0 aliphatic rings. The first-order chi connectivity index (χ1) is 9.20. The summed E-state index contributed by atoms with van der Waals surface area (Å²) in [6.07, 6.45) is 0. The summed E-state index contributed by atoms with van der Waals surface area (Å²) < 4.78 is 0.914. The van der Waals surface area contributed by atoms with E-state index in [-0.39, 0.29) is 5.91 Å². The Kier molecular flexibility index (Phi) is 5.01. The minimum atomic E-state index is -0.289. The van der Waals surface area contributed by atoms with E-state index >= 15 is 0 Å². The molecule has 1 amide bonds. The molecule has 0 spiro atoms. The lowest BCUT2D eigenvalue weighted by Crippen LogP contribution is -2.29. The molecular weight excluding hydrogens is 324 g/mol. The van der Waals surface area contributed by atoms with E-state index in [1.165, 1.54) is 4.90 Å². The van der Waals surface area contributed by atoms with Crippen molar-refractivity contribution in [1.82, 2.24) is 5.43 Å². The van der Waals surface area contributed by atoms with E-state index in [4.69, 9.17) is 5.84 Å². The van der Waals surface area contributed by atoms with Gasteiger partial charge >= 0.3 is 0 Å². The third kappa shape index (κ3) is 3.83. The van der Waals surface area contributed by atoms with Gasteiger partial charge in [-0.3, -0.25) is 10.2 Å². The van der Waals surface area contributed by atoms with Gasteiger partial charge in [0, 0.05) is 20.7 Å². The molecule has 0 bridgehead atoms. The van der Waals surface area contributed by atoms with Crippen LogP contribution < -0.4 is 11.3 Å². The highest BCUT2D eigenvalue weighted by molar-refractivity contribution is 9.10. The maximum Gasteiger partial charge on any atom is 0.265 e. The zero-order valence-corrected chi connectivity index (χ0v) is 12.5. The molecule has 19 heavy (non-hydrogen) atoms. The Morgan fingerprint density at radius 2 is 1.95 bits per heavy atom. The van der Waals surface area contributed by atoms with Crippen LogP contribution in [0.3, 0.4) is 0 Å². The first kappa shape index (κ1) is 14.1. The number of benzene rings is 2. The van der Waals surface area contributed by atoms with Crippen LogP contribution >= 0.6 is 27.7 Å². The summed E-state index contributed by atoms with van der Waals surface area (Å²) >= 11 is 5.24. The SMILES string of the molecule is NNC(=O)c1ccc(CSc2ccccc2)c(Br)c1. The third-order valence-electron chi connectivity index (χ3n) is 2.58. The highest BCUT2D eigenvalue weighted by Crippen LogP contribution is 2.27. The number of carbonyl (C=O) groups excluding carboxylic acids is 1. The topological polar surface area (TPSA) is 55.1 Å². The number of thioether (sulfide) groups is 1. The molecule has 2 aromatic carbocycles. The maximum absolute atomic E-state index is 11.4. The predicted octanol–water partition coefficient (Wildman–Crippen LogP) is 3.34. The number of hydrogen-bond donors (Lipinski definition) is 2. The highest BCUT2D eigenvalue weighted by atomic mass is 79.9. The van der Waals surface area contributed by atoms with Crippen molar-refractivity contribution >= 4 is 33.6 Å². The van der Waals surface area contributed by atoms with Gasteiger partial charge in [-0.25, -0.2) is 5.84 Å². The molecule has 2 aromatic rings. The van der Waals surface area contributed by atoms with E-state index in [1.54, 1.807) is 23.9 Å². The summed E-state index contributed by atoms with van der Waals surface area (Å²) in [6.45, 7) is 0. The molecule has 0 atom stereocenters. The monoisotopic (exact) mass is 336 g/mol. The second-order valence-corrected chi connectivity index (χ2v) is 5.78. The van der Waals surface area contributed by atoms with Crippen molar-refractivity contribution < 1.29 is 4.79 Å². The van der Waals surface area contributed by atoms with Gasteiger partial charge in [0.2, 0.25) is 0 Å². The smallest absolute Gasteiger partial charge is 0.265 e. The van der Waals surface area contributed by atoms with Crippen LogP contribution in [0.15, 0.2) is 57.9 Å². The van der Waals surface area contributed by atoms with Crippen LogP contribution in [0.4, 0.5) is 0 Å². The number of carbonyl (C=O) groups is 1. The molecule has 2 rings (SSSR count). The van der Waals surface area contributed by atoms with Crippen molar-refractivity contribution in [3.8, 4) is 0 Å². The van der Waals surface area contributed by atoms with E-state index in [0.29, 0.717) is 5.56 Å².